The van der Waals surface area contributed by atoms with Crippen molar-refractivity contribution >= 4 is 0 Å². The molecule has 0 amide bonds. The number of nitrogens with zero attached hydrogens (tertiary/aromatic N) is 1. The molecule has 2 heteroatoms. The molecule has 0 aliphatic heterocycles. The minimum atomic E-state index is 0.108. The van der Waals surface area contributed by atoms with E-state index in [-0.39, 0.29) is 5.43 Å². The van der Waals surface area contributed by atoms with E-state index >= 15 is 0 Å². The van der Waals surface area contributed by atoms with Crippen molar-refractivity contribution in [1.82, 2.24) is 4.57 Å². The third kappa shape index (κ3) is 2.92. The van der Waals surface area contributed by atoms with E-state index in [0.717, 1.165) is 34.6 Å². The van der Waals surface area contributed by atoms with Gasteiger partial charge in [0.25, 0.3) is 0 Å². The van der Waals surface area contributed by atoms with Crippen molar-refractivity contribution in [2.24, 2.45) is 0 Å². The van der Waals surface area contributed by atoms with Crippen LogP contribution in [0, 0.1) is 6.92 Å². The molecule has 122 valence electrons. The summed E-state index contributed by atoms with van der Waals surface area (Å²) in [5.41, 5.74) is 5.16. The number of benzene rings is 2. The Morgan fingerprint density at radius 3 is 2.12 bits per heavy atom. The van der Waals surface area contributed by atoms with E-state index in [1.807, 2.05) is 43.3 Å². The van der Waals surface area contributed by atoms with E-state index in [1.54, 1.807) is 6.07 Å². The first-order chi connectivity index (χ1) is 11.6. The maximum absolute atomic E-state index is 12.6. The summed E-state index contributed by atoms with van der Waals surface area (Å²) >= 11 is 0. The summed E-state index contributed by atoms with van der Waals surface area (Å²) in [5, 5.41) is 0. The van der Waals surface area contributed by atoms with Gasteiger partial charge in [-0.3, -0.25) is 4.79 Å². The highest BCUT2D eigenvalue weighted by Crippen LogP contribution is 2.30. The highest BCUT2D eigenvalue weighted by Gasteiger charge is 2.19. The zero-order valence-corrected chi connectivity index (χ0v) is 14.5. The number of hydrogen-bond donors (Lipinski definition) is 0. The molecule has 1 atom stereocenters. The van der Waals surface area contributed by atoms with Gasteiger partial charge in [0, 0.05) is 23.0 Å². The molecule has 1 unspecified atom stereocenters. The quantitative estimate of drug-likeness (QED) is 0.638. The lowest BCUT2D eigenvalue weighted by molar-refractivity contribution is 0.675. The Morgan fingerprint density at radius 2 is 1.54 bits per heavy atom. The summed E-state index contributed by atoms with van der Waals surface area (Å²) in [5.74, 6) is 0.307. The van der Waals surface area contributed by atoms with Gasteiger partial charge in [-0.1, -0.05) is 62.4 Å². The fourth-order valence-electron chi connectivity index (χ4n) is 3.18. The third-order valence-electron chi connectivity index (χ3n) is 4.67. The number of hydrogen-bond acceptors (Lipinski definition) is 1. The lowest BCUT2D eigenvalue weighted by Gasteiger charge is -2.24. The molecule has 0 saturated heterocycles. The normalized spacial score (nSPS) is 12.1. The van der Waals surface area contributed by atoms with Crippen molar-refractivity contribution in [3.05, 3.63) is 88.2 Å². The van der Waals surface area contributed by atoms with Gasteiger partial charge < -0.3 is 4.57 Å². The van der Waals surface area contributed by atoms with E-state index < -0.39 is 0 Å². The summed E-state index contributed by atoms with van der Waals surface area (Å²) in [4.78, 5) is 12.6. The van der Waals surface area contributed by atoms with Crippen LogP contribution in [0.1, 0.15) is 37.4 Å². The minimum absolute atomic E-state index is 0.108. The smallest absolute Gasteiger partial charge is 0.185 e. The summed E-state index contributed by atoms with van der Waals surface area (Å²) in [6, 6.07) is 22.2. The molecule has 2 aromatic carbocycles. The number of aromatic nitrogens is 1. The molecule has 24 heavy (non-hydrogen) atoms. The van der Waals surface area contributed by atoms with Gasteiger partial charge in [-0.15, -0.1) is 0 Å². The monoisotopic (exact) mass is 317 g/mol. The molecule has 0 aliphatic carbocycles. The number of para-hydroxylation sites is 1. The fourth-order valence-corrected chi connectivity index (χ4v) is 3.18. The Balaban J connectivity index is 2.41. The second kappa shape index (κ2) is 6.88. The van der Waals surface area contributed by atoms with Crippen LogP contribution in [-0.2, 0) is 0 Å². The van der Waals surface area contributed by atoms with Crippen LogP contribution >= 0.6 is 0 Å². The fraction of sp³-hybridized carbons (Fsp3) is 0.227. The van der Waals surface area contributed by atoms with Crippen LogP contribution in [0.4, 0.5) is 0 Å². The standard InChI is InChI=1S/C22H23NO/c1-4-16(2)22-17(3)21(24)15-20(18-11-7-5-8-12-18)23(22)19-13-9-6-10-14-19/h5-16H,4H2,1-3H3. The summed E-state index contributed by atoms with van der Waals surface area (Å²) in [6.07, 6.45) is 0.991. The third-order valence-corrected chi connectivity index (χ3v) is 4.67. The lowest BCUT2D eigenvalue weighted by atomic mass is 9.96. The molecule has 0 spiro atoms. The summed E-state index contributed by atoms with van der Waals surface area (Å²) < 4.78 is 2.25. The Hall–Kier alpha value is -2.61. The van der Waals surface area contributed by atoms with Gasteiger partial charge in [0.05, 0.1) is 5.69 Å². The SMILES string of the molecule is CCC(C)c1c(C)c(=O)cc(-c2ccccc2)n1-c1ccccc1. The van der Waals surface area contributed by atoms with Gasteiger partial charge in [0.2, 0.25) is 0 Å². The first-order valence-corrected chi connectivity index (χ1v) is 8.51. The van der Waals surface area contributed by atoms with Crippen LogP contribution in [0.2, 0.25) is 0 Å². The van der Waals surface area contributed by atoms with Gasteiger partial charge in [-0.05, 0) is 37.0 Å². The highest BCUT2D eigenvalue weighted by molar-refractivity contribution is 5.64. The van der Waals surface area contributed by atoms with Gasteiger partial charge >= 0.3 is 0 Å². The molecular formula is C22H23NO. The number of rotatable bonds is 4. The second-order valence-corrected chi connectivity index (χ2v) is 6.25. The van der Waals surface area contributed by atoms with Crippen LogP contribution in [0.5, 0.6) is 0 Å². The summed E-state index contributed by atoms with van der Waals surface area (Å²) in [6.45, 7) is 6.30. The molecule has 3 aromatic rings. The van der Waals surface area contributed by atoms with E-state index in [0.29, 0.717) is 5.92 Å². The number of pyridine rings is 1. The average Bonchev–Trinajstić information content (AvgIpc) is 2.64. The first-order valence-electron chi connectivity index (χ1n) is 8.51. The van der Waals surface area contributed by atoms with Crippen molar-refractivity contribution in [1.29, 1.82) is 0 Å². The molecule has 0 aliphatic rings. The Labute approximate surface area is 143 Å². The average molecular weight is 317 g/mol. The molecule has 0 radical (unpaired) electrons. The van der Waals surface area contributed by atoms with Crippen LogP contribution < -0.4 is 5.43 Å². The van der Waals surface area contributed by atoms with E-state index in [1.165, 1.54) is 0 Å². The lowest BCUT2D eigenvalue weighted by Crippen LogP contribution is -2.19. The minimum Gasteiger partial charge on any atom is -0.313 e. The van der Waals surface area contributed by atoms with Crippen LogP contribution in [-0.4, -0.2) is 4.57 Å². The zero-order valence-electron chi connectivity index (χ0n) is 14.5. The van der Waals surface area contributed by atoms with E-state index in [9.17, 15) is 4.79 Å². The molecule has 3 rings (SSSR count). The van der Waals surface area contributed by atoms with E-state index in [2.05, 4.69) is 42.7 Å². The second-order valence-electron chi connectivity index (χ2n) is 6.25. The van der Waals surface area contributed by atoms with Crippen LogP contribution in [0.3, 0.4) is 0 Å². The van der Waals surface area contributed by atoms with Gasteiger partial charge in [0.1, 0.15) is 0 Å². The highest BCUT2D eigenvalue weighted by atomic mass is 16.1. The van der Waals surface area contributed by atoms with Crippen molar-refractivity contribution in [3.63, 3.8) is 0 Å². The molecule has 1 aromatic heterocycles. The molecular weight excluding hydrogens is 294 g/mol. The van der Waals surface area contributed by atoms with Gasteiger partial charge in [-0.2, -0.15) is 0 Å². The first kappa shape index (κ1) is 16.3. The topological polar surface area (TPSA) is 22.0 Å². The molecule has 0 N–H and O–H groups in total. The molecule has 0 saturated carbocycles. The maximum atomic E-state index is 12.6. The summed E-state index contributed by atoms with van der Waals surface area (Å²) in [7, 11) is 0. The molecule has 2 nitrogen and oxygen atoms in total. The van der Waals surface area contributed by atoms with Crippen LogP contribution in [0.15, 0.2) is 71.5 Å². The predicted molar refractivity (Wildman–Crippen MR) is 101 cm³/mol. The molecule has 0 bridgehead atoms. The van der Waals surface area contributed by atoms with Crippen molar-refractivity contribution in [2.75, 3.05) is 0 Å². The van der Waals surface area contributed by atoms with Crippen molar-refractivity contribution < 1.29 is 0 Å². The largest absolute Gasteiger partial charge is 0.313 e. The predicted octanol–water partition coefficient (Wildman–Crippen LogP) is 5.33. The zero-order chi connectivity index (χ0) is 17.1. The van der Waals surface area contributed by atoms with Gasteiger partial charge in [-0.25, -0.2) is 0 Å². The Kier molecular flexibility index (Phi) is 4.66. The Bertz CT molecular complexity index is 879. The molecule has 1 heterocycles. The van der Waals surface area contributed by atoms with E-state index in [4.69, 9.17) is 0 Å². The maximum Gasteiger partial charge on any atom is 0.185 e. The Morgan fingerprint density at radius 1 is 0.958 bits per heavy atom. The van der Waals surface area contributed by atoms with Crippen molar-refractivity contribution in [2.45, 2.75) is 33.1 Å². The van der Waals surface area contributed by atoms with Gasteiger partial charge in [0.15, 0.2) is 5.43 Å². The van der Waals surface area contributed by atoms with Crippen molar-refractivity contribution in [3.8, 4) is 16.9 Å². The molecule has 0 fully saturated rings. The van der Waals surface area contributed by atoms with Crippen LogP contribution in [0.25, 0.3) is 16.9 Å².